The van der Waals surface area contributed by atoms with Crippen LogP contribution in [-0.4, -0.2) is 21.0 Å². The van der Waals surface area contributed by atoms with Gasteiger partial charge >= 0.3 is 5.97 Å². The van der Waals surface area contributed by atoms with Crippen LogP contribution in [0.25, 0.3) is 11.1 Å². The molecule has 1 aromatic heterocycles. The van der Waals surface area contributed by atoms with Crippen molar-refractivity contribution in [1.29, 1.82) is 0 Å². The lowest BCUT2D eigenvalue weighted by Gasteiger charge is -2.11. The summed E-state index contributed by atoms with van der Waals surface area (Å²) in [5.41, 5.74) is 6.44. The van der Waals surface area contributed by atoms with Crippen molar-refractivity contribution >= 4 is 17.6 Å². The van der Waals surface area contributed by atoms with Crippen molar-refractivity contribution in [3.8, 4) is 11.1 Å². The smallest absolute Gasteiger partial charge is 0.303 e. The second-order valence-corrected chi connectivity index (χ2v) is 7.38. The number of carboxylic acids is 1. The molecule has 1 saturated carbocycles. The third-order valence-corrected chi connectivity index (χ3v) is 4.92. The van der Waals surface area contributed by atoms with Crippen LogP contribution < -0.4 is 5.32 Å². The van der Waals surface area contributed by atoms with Gasteiger partial charge in [-0.1, -0.05) is 30.3 Å². The van der Waals surface area contributed by atoms with E-state index >= 15 is 0 Å². The average molecular weight is 373 g/mol. The van der Waals surface area contributed by atoms with E-state index in [2.05, 4.69) is 40.4 Å². The van der Waals surface area contributed by atoms with Crippen LogP contribution in [0.1, 0.15) is 42.0 Å². The summed E-state index contributed by atoms with van der Waals surface area (Å²) in [6, 6.07) is 16.4. The Morgan fingerprint density at radius 2 is 1.89 bits per heavy atom. The summed E-state index contributed by atoms with van der Waals surface area (Å²) in [6.07, 6.45) is 4.94. The minimum atomic E-state index is -0.772. The fraction of sp³-hybridized carbons (Fsp3) is 0.261. The summed E-state index contributed by atoms with van der Waals surface area (Å²) < 4.78 is 0. The van der Waals surface area contributed by atoms with Crippen LogP contribution in [0, 0.1) is 6.92 Å². The lowest BCUT2D eigenvalue weighted by atomic mass is 10.00. The molecule has 5 heteroatoms. The number of nitrogens with one attached hydrogen (secondary N) is 1. The van der Waals surface area contributed by atoms with E-state index in [0.29, 0.717) is 18.3 Å². The third-order valence-electron chi connectivity index (χ3n) is 4.92. The maximum atomic E-state index is 10.7. The first kappa shape index (κ1) is 18.2. The van der Waals surface area contributed by atoms with Crippen LogP contribution in [-0.2, 0) is 11.2 Å². The molecule has 0 spiro atoms. The maximum Gasteiger partial charge on any atom is 0.303 e. The number of benzene rings is 2. The van der Waals surface area contributed by atoms with E-state index in [1.54, 1.807) is 0 Å². The molecule has 1 aliphatic carbocycles. The van der Waals surface area contributed by atoms with Gasteiger partial charge in [0.05, 0.1) is 0 Å². The predicted octanol–water partition coefficient (Wildman–Crippen LogP) is 5.09. The molecule has 5 nitrogen and oxygen atoms in total. The number of nitrogens with zero attached hydrogens (tertiary/aromatic N) is 2. The molecule has 2 aromatic carbocycles. The van der Waals surface area contributed by atoms with E-state index < -0.39 is 5.97 Å². The molecule has 0 atom stereocenters. The fourth-order valence-corrected chi connectivity index (χ4v) is 3.31. The number of aryl methyl sites for hydroxylation is 2. The normalized spacial score (nSPS) is 13.3. The van der Waals surface area contributed by atoms with Crippen LogP contribution in [0.4, 0.5) is 11.6 Å². The number of aromatic nitrogens is 2. The SMILES string of the molecule is Cc1cc(Nc2nccc(C3CC3)n2)cc(-c2ccc(CCC(=O)O)cc2)c1. The fourth-order valence-electron chi connectivity index (χ4n) is 3.31. The number of anilines is 2. The molecule has 4 rings (SSSR count). The summed E-state index contributed by atoms with van der Waals surface area (Å²) in [4.78, 5) is 19.7. The molecule has 1 aliphatic rings. The van der Waals surface area contributed by atoms with Crippen molar-refractivity contribution in [2.75, 3.05) is 5.32 Å². The standard InChI is InChI=1S/C23H23N3O2/c1-15-12-19(17-5-2-16(3-6-17)4-9-22(27)28)14-20(13-15)25-23-24-11-10-21(26-23)18-7-8-18/h2-3,5-6,10-14,18H,4,7-9H2,1H3,(H,27,28)(H,24,25,26). The zero-order chi connectivity index (χ0) is 19.5. The van der Waals surface area contributed by atoms with Gasteiger partial charge in [-0.25, -0.2) is 9.97 Å². The van der Waals surface area contributed by atoms with Crippen LogP contribution in [0.15, 0.2) is 54.7 Å². The van der Waals surface area contributed by atoms with Gasteiger partial charge in [0.15, 0.2) is 0 Å². The van der Waals surface area contributed by atoms with Gasteiger partial charge in [0.2, 0.25) is 5.95 Å². The summed E-state index contributed by atoms with van der Waals surface area (Å²) in [5.74, 6) is 0.452. The zero-order valence-corrected chi connectivity index (χ0v) is 15.9. The topological polar surface area (TPSA) is 75.1 Å². The van der Waals surface area contributed by atoms with E-state index in [1.165, 1.54) is 12.8 Å². The van der Waals surface area contributed by atoms with E-state index in [0.717, 1.165) is 33.6 Å². The monoisotopic (exact) mass is 373 g/mol. The lowest BCUT2D eigenvalue weighted by molar-refractivity contribution is -0.136. The minimum absolute atomic E-state index is 0.151. The van der Waals surface area contributed by atoms with Crippen LogP contribution >= 0.6 is 0 Å². The molecular weight excluding hydrogens is 350 g/mol. The van der Waals surface area contributed by atoms with E-state index in [4.69, 9.17) is 5.11 Å². The first-order chi connectivity index (χ1) is 13.6. The molecule has 0 radical (unpaired) electrons. The number of rotatable bonds is 7. The number of carbonyl (C=O) groups is 1. The van der Waals surface area contributed by atoms with Gasteiger partial charge in [0, 0.05) is 29.9 Å². The molecule has 1 heterocycles. The summed E-state index contributed by atoms with van der Waals surface area (Å²) in [6.45, 7) is 2.07. The second-order valence-electron chi connectivity index (χ2n) is 7.38. The van der Waals surface area contributed by atoms with Gasteiger partial charge in [0.25, 0.3) is 0 Å². The van der Waals surface area contributed by atoms with Gasteiger partial charge in [-0.2, -0.15) is 0 Å². The highest BCUT2D eigenvalue weighted by molar-refractivity contribution is 5.71. The first-order valence-electron chi connectivity index (χ1n) is 9.59. The van der Waals surface area contributed by atoms with Gasteiger partial charge in [-0.15, -0.1) is 0 Å². The van der Waals surface area contributed by atoms with Crippen LogP contribution in [0.2, 0.25) is 0 Å². The molecule has 0 aliphatic heterocycles. The Morgan fingerprint density at radius 3 is 2.61 bits per heavy atom. The van der Waals surface area contributed by atoms with Crippen molar-refractivity contribution in [2.45, 2.75) is 38.5 Å². The zero-order valence-electron chi connectivity index (χ0n) is 15.9. The summed E-state index contributed by atoms with van der Waals surface area (Å²) in [7, 11) is 0. The lowest BCUT2D eigenvalue weighted by Crippen LogP contribution is -1.99. The van der Waals surface area contributed by atoms with Crippen molar-refractivity contribution in [1.82, 2.24) is 9.97 Å². The summed E-state index contributed by atoms with van der Waals surface area (Å²) in [5, 5.41) is 12.2. The van der Waals surface area contributed by atoms with Crippen molar-refractivity contribution < 1.29 is 9.90 Å². The van der Waals surface area contributed by atoms with Gasteiger partial charge < -0.3 is 10.4 Å². The molecule has 0 unspecified atom stereocenters. The van der Waals surface area contributed by atoms with Crippen molar-refractivity contribution in [2.24, 2.45) is 0 Å². The molecule has 2 N–H and O–H groups in total. The van der Waals surface area contributed by atoms with Crippen molar-refractivity contribution in [3.63, 3.8) is 0 Å². The number of aliphatic carboxylic acids is 1. The van der Waals surface area contributed by atoms with Crippen molar-refractivity contribution in [3.05, 3.63) is 71.5 Å². The quantitative estimate of drug-likeness (QED) is 0.603. The molecule has 28 heavy (non-hydrogen) atoms. The number of hydrogen-bond acceptors (Lipinski definition) is 4. The molecule has 1 fully saturated rings. The largest absolute Gasteiger partial charge is 0.481 e. The highest BCUT2D eigenvalue weighted by Crippen LogP contribution is 2.39. The van der Waals surface area contributed by atoms with Crippen LogP contribution in [0.5, 0.6) is 0 Å². The Labute approximate surface area is 164 Å². The van der Waals surface area contributed by atoms with Crippen LogP contribution in [0.3, 0.4) is 0 Å². The number of hydrogen-bond donors (Lipinski definition) is 2. The van der Waals surface area contributed by atoms with Gasteiger partial charge in [0.1, 0.15) is 0 Å². The molecular formula is C23H23N3O2. The highest BCUT2D eigenvalue weighted by atomic mass is 16.4. The Balaban J connectivity index is 1.53. The number of carboxylic acid groups (broad SMARTS) is 1. The third kappa shape index (κ3) is 4.55. The van der Waals surface area contributed by atoms with E-state index in [1.807, 2.05) is 36.5 Å². The molecule has 142 valence electrons. The Bertz CT molecular complexity index is 995. The summed E-state index contributed by atoms with van der Waals surface area (Å²) >= 11 is 0. The Hall–Kier alpha value is -3.21. The molecule has 0 amide bonds. The van der Waals surface area contributed by atoms with E-state index in [-0.39, 0.29) is 6.42 Å². The maximum absolute atomic E-state index is 10.7. The molecule has 0 saturated heterocycles. The first-order valence-corrected chi connectivity index (χ1v) is 9.59. The molecule has 0 bridgehead atoms. The minimum Gasteiger partial charge on any atom is -0.481 e. The highest BCUT2D eigenvalue weighted by Gasteiger charge is 2.25. The molecule has 3 aromatic rings. The predicted molar refractivity (Wildman–Crippen MR) is 110 cm³/mol. The second kappa shape index (κ2) is 7.80. The average Bonchev–Trinajstić information content (AvgIpc) is 3.52. The van der Waals surface area contributed by atoms with Gasteiger partial charge in [-0.05, 0) is 66.6 Å². The van der Waals surface area contributed by atoms with Gasteiger partial charge in [-0.3, -0.25) is 4.79 Å². The Morgan fingerprint density at radius 1 is 1.11 bits per heavy atom. The van der Waals surface area contributed by atoms with E-state index in [9.17, 15) is 4.79 Å². The Kier molecular flexibility index (Phi) is 5.06.